The van der Waals surface area contributed by atoms with Crippen molar-refractivity contribution in [2.24, 2.45) is 0 Å². The highest BCUT2D eigenvalue weighted by molar-refractivity contribution is 8.00. The molecule has 0 fully saturated rings. The molecule has 3 aromatic rings. The normalized spacial score (nSPS) is 12.1. The second-order valence-electron chi connectivity index (χ2n) is 5.66. The lowest BCUT2D eigenvalue weighted by molar-refractivity contribution is -0.127. The fourth-order valence-electron chi connectivity index (χ4n) is 2.37. The van der Waals surface area contributed by atoms with Crippen LogP contribution in [0.4, 0.5) is 5.69 Å². The van der Waals surface area contributed by atoms with E-state index in [4.69, 9.17) is 9.47 Å². The fourth-order valence-corrected chi connectivity index (χ4v) is 3.90. The first-order valence-corrected chi connectivity index (χ1v) is 10.1. The number of nitrogens with zero attached hydrogens (tertiary/aromatic N) is 1. The van der Waals surface area contributed by atoms with Gasteiger partial charge in [-0.3, -0.25) is 4.79 Å². The Bertz CT molecular complexity index is 911. The molecule has 0 radical (unpaired) electrons. The molecule has 0 saturated carbocycles. The molecule has 7 heteroatoms. The topological polar surface area (TPSA) is 60.5 Å². The lowest BCUT2D eigenvalue weighted by Gasteiger charge is -2.14. The minimum Gasteiger partial charge on any atom is -0.497 e. The number of anilines is 1. The van der Waals surface area contributed by atoms with E-state index in [1.165, 1.54) is 0 Å². The van der Waals surface area contributed by atoms with Gasteiger partial charge in [0.15, 0.2) is 4.34 Å². The van der Waals surface area contributed by atoms with Gasteiger partial charge in [-0.2, -0.15) is 0 Å². The van der Waals surface area contributed by atoms with Crippen LogP contribution in [0.5, 0.6) is 5.75 Å². The zero-order chi connectivity index (χ0) is 18.5. The molecule has 1 heterocycles. The van der Waals surface area contributed by atoms with Crippen LogP contribution in [-0.4, -0.2) is 30.4 Å². The standard InChI is InChI=1S/C19H20N2O3S2/c1-12(24-11-13-5-4-6-15(9-13)23-2)18(22)20-14-7-8-16-17(10-14)26-19(21-16)25-3/h4-10,12H,11H2,1-3H3,(H,20,22). The van der Waals surface area contributed by atoms with Crippen molar-refractivity contribution in [1.82, 2.24) is 4.98 Å². The van der Waals surface area contributed by atoms with Crippen LogP contribution in [-0.2, 0) is 16.1 Å². The number of carbonyl (C=O) groups excluding carboxylic acids is 1. The summed E-state index contributed by atoms with van der Waals surface area (Å²) in [4.78, 5) is 16.9. The molecule has 1 unspecified atom stereocenters. The molecule has 26 heavy (non-hydrogen) atoms. The predicted octanol–water partition coefficient (Wildman–Crippen LogP) is 4.57. The molecule has 5 nitrogen and oxygen atoms in total. The van der Waals surface area contributed by atoms with E-state index in [9.17, 15) is 4.79 Å². The molecule has 1 atom stereocenters. The number of benzene rings is 2. The Morgan fingerprint density at radius 3 is 2.92 bits per heavy atom. The predicted molar refractivity (Wildman–Crippen MR) is 107 cm³/mol. The van der Waals surface area contributed by atoms with E-state index in [1.54, 1.807) is 37.1 Å². The number of aromatic nitrogens is 1. The van der Waals surface area contributed by atoms with E-state index in [-0.39, 0.29) is 5.91 Å². The molecule has 0 aliphatic carbocycles. The quantitative estimate of drug-likeness (QED) is 0.601. The van der Waals surface area contributed by atoms with Gasteiger partial charge in [-0.25, -0.2) is 4.98 Å². The van der Waals surface area contributed by atoms with Crippen LogP contribution < -0.4 is 10.1 Å². The van der Waals surface area contributed by atoms with Crippen molar-refractivity contribution in [3.05, 3.63) is 48.0 Å². The Morgan fingerprint density at radius 2 is 2.15 bits per heavy atom. The summed E-state index contributed by atoms with van der Waals surface area (Å²) in [7, 11) is 1.62. The van der Waals surface area contributed by atoms with E-state index in [0.717, 1.165) is 31.6 Å². The third-order valence-corrected chi connectivity index (χ3v) is 5.82. The van der Waals surface area contributed by atoms with Crippen molar-refractivity contribution in [2.75, 3.05) is 18.7 Å². The Labute approximate surface area is 160 Å². The first-order chi connectivity index (χ1) is 12.6. The van der Waals surface area contributed by atoms with E-state index < -0.39 is 6.10 Å². The van der Waals surface area contributed by atoms with E-state index >= 15 is 0 Å². The van der Waals surface area contributed by atoms with Gasteiger partial charge in [0.25, 0.3) is 5.91 Å². The van der Waals surface area contributed by atoms with Gasteiger partial charge in [0.05, 0.1) is 23.9 Å². The van der Waals surface area contributed by atoms with Gasteiger partial charge in [0.2, 0.25) is 0 Å². The number of methoxy groups -OCH3 is 1. The summed E-state index contributed by atoms with van der Waals surface area (Å²) in [6, 6.07) is 13.3. The van der Waals surface area contributed by atoms with E-state index in [2.05, 4.69) is 10.3 Å². The van der Waals surface area contributed by atoms with Crippen LogP contribution in [0.15, 0.2) is 46.8 Å². The molecular formula is C19H20N2O3S2. The summed E-state index contributed by atoms with van der Waals surface area (Å²) in [6.45, 7) is 2.09. The summed E-state index contributed by atoms with van der Waals surface area (Å²) < 4.78 is 12.9. The summed E-state index contributed by atoms with van der Waals surface area (Å²) in [6.07, 6.45) is 1.43. The Morgan fingerprint density at radius 1 is 1.31 bits per heavy atom. The van der Waals surface area contributed by atoms with Gasteiger partial charge in [0.1, 0.15) is 11.9 Å². The van der Waals surface area contributed by atoms with Crippen LogP contribution >= 0.6 is 23.1 Å². The molecule has 1 N–H and O–H groups in total. The SMILES string of the molecule is COc1cccc(COC(C)C(=O)Nc2ccc3nc(SC)sc3c2)c1. The van der Waals surface area contributed by atoms with Crippen LogP contribution in [0.25, 0.3) is 10.2 Å². The number of carbonyl (C=O) groups is 1. The third-order valence-electron chi connectivity index (χ3n) is 3.81. The minimum atomic E-state index is -0.569. The molecule has 1 amide bonds. The molecule has 0 saturated heterocycles. The first kappa shape index (κ1) is 18.7. The van der Waals surface area contributed by atoms with Crippen molar-refractivity contribution in [2.45, 2.75) is 24.0 Å². The summed E-state index contributed by atoms with van der Waals surface area (Å²) in [5.41, 5.74) is 2.65. The van der Waals surface area contributed by atoms with E-state index in [1.807, 2.05) is 48.7 Å². The molecule has 136 valence electrons. The molecule has 3 rings (SSSR count). The Hall–Kier alpha value is -2.09. The number of ether oxygens (including phenoxy) is 2. The van der Waals surface area contributed by atoms with Crippen molar-refractivity contribution in [1.29, 1.82) is 0 Å². The largest absolute Gasteiger partial charge is 0.497 e. The van der Waals surface area contributed by atoms with Gasteiger partial charge in [0, 0.05) is 5.69 Å². The van der Waals surface area contributed by atoms with Crippen molar-refractivity contribution in [3.63, 3.8) is 0 Å². The molecule has 0 bridgehead atoms. The number of thiazole rings is 1. The molecule has 0 aliphatic rings. The monoisotopic (exact) mass is 388 g/mol. The summed E-state index contributed by atoms with van der Waals surface area (Å²) >= 11 is 3.23. The van der Waals surface area contributed by atoms with E-state index in [0.29, 0.717) is 6.61 Å². The first-order valence-electron chi connectivity index (χ1n) is 8.09. The zero-order valence-corrected chi connectivity index (χ0v) is 16.4. The second-order valence-corrected chi connectivity index (χ2v) is 7.74. The molecule has 1 aromatic heterocycles. The van der Waals surface area contributed by atoms with Gasteiger partial charge >= 0.3 is 0 Å². The number of fused-ring (bicyclic) bond motifs is 1. The van der Waals surface area contributed by atoms with Crippen LogP contribution in [0.3, 0.4) is 0 Å². The Balaban J connectivity index is 1.59. The Kier molecular flexibility index (Phi) is 6.13. The zero-order valence-electron chi connectivity index (χ0n) is 14.8. The number of nitrogens with one attached hydrogen (secondary N) is 1. The van der Waals surface area contributed by atoms with Gasteiger partial charge < -0.3 is 14.8 Å². The molecular weight excluding hydrogens is 368 g/mol. The fraction of sp³-hybridized carbons (Fsp3) is 0.263. The van der Waals surface area contributed by atoms with Gasteiger partial charge in [-0.05, 0) is 49.1 Å². The summed E-state index contributed by atoms with van der Waals surface area (Å²) in [5, 5.41) is 2.90. The average Bonchev–Trinajstić information content (AvgIpc) is 3.08. The lowest BCUT2D eigenvalue weighted by atomic mass is 10.2. The number of amides is 1. The highest BCUT2D eigenvalue weighted by Gasteiger charge is 2.14. The van der Waals surface area contributed by atoms with Crippen molar-refractivity contribution >= 4 is 44.9 Å². The van der Waals surface area contributed by atoms with Crippen LogP contribution in [0.1, 0.15) is 12.5 Å². The third kappa shape index (κ3) is 4.55. The number of rotatable bonds is 7. The average molecular weight is 389 g/mol. The van der Waals surface area contributed by atoms with Crippen molar-refractivity contribution < 1.29 is 14.3 Å². The van der Waals surface area contributed by atoms with Crippen LogP contribution in [0, 0.1) is 0 Å². The van der Waals surface area contributed by atoms with Gasteiger partial charge in [-0.15, -0.1) is 11.3 Å². The number of hydrogen-bond donors (Lipinski definition) is 1. The maximum absolute atomic E-state index is 12.4. The highest BCUT2D eigenvalue weighted by Crippen LogP contribution is 2.30. The van der Waals surface area contributed by atoms with Gasteiger partial charge in [-0.1, -0.05) is 23.9 Å². The maximum atomic E-state index is 12.4. The number of hydrogen-bond acceptors (Lipinski definition) is 6. The van der Waals surface area contributed by atoms with Crippen molar-refractivity contribution in [3.8, 4) is 5.75 Å². The smallest absolute Gasteiger partial charge is 0.253 e. The molecule has 0 aliphatic heterocycles. The summed E-state index contributed by atoms with van der Waals surface area (Å²) in [5.74, 6) is 0.590. The maximum Gasteiger partial charge on any atom is 0.253 e. The lowest BCUT2D eigenvalue weighted by Crippen LogP contribution is -2.27. The number of thioether (sulfide) groups is 1. The molecule has 2 aromatic carbocycles. The second kappa shape index (κ2) is 8.53. The highest BCUT2D eigenvalue weighted by atomic mass is 32.2. The van der Waals surface area contributed by atoms with Crippen LogP contribution in [0.2, 0.25) is 0 Å². The minimum absolute atomic E-state index is 0.179. The molecule has 0 spiro atoms.